The molecule has 5 nitrogen and oxygen atoms in total. The molecule has 0 bridgehead atoms. The Kier molecular flexibility index (Phi) is 3.47. The van der Waals surface area contributed by atoms with E-state index < -0.39 is 0 Å². The molecule has 1 saturated heterocycles. The van der Waals surface area contributed by atoms with Crippen LogP contribution in [-0.2, 0) is 4.74 Å². The van der Waals surface area contributed by atoms with Crippen molar-refractivity contribution >= 4 is 5.91 Å². The highest BCUT2D eigenvalue weighted by atomic mass is 19.1. The van der Waals surface area contributed by atoms with Crippen LogP contribution in [0.2, 0.25) is 0 Å². The van der Waals surface area contributed by atoms with Crippen molar-refractivity contribution < 1.29 is 18.4 Å². The van der Waals surface area contributed by atoms with Crippen LogP contribution in [-0.4, -0.2) is 42.3 Å². The molecule has 3 rings (SSSR count). The Balaban J connectivity index is 1.81. The normalized spacial score (nSPS) is 15.3. The van der Waals surface area contributed by atoms with E-state index in [0.29, 0.717) is 37.6 Å². The Morgan fingerprint density at radius 3 is 2.80 bits per heavy atom. The van der Waals surface area contributed by atoms with Gasteiger partial charge in [0.25, 0.3) is 5.91 Å². The molecule has 0 radical (unpaired) electrons. The monoisotopic (exact) mass is 276 g/mol. The van der Waals surface area contributed by atoms with Crippen molar-refractivity contribution in [3.05, 3.63) is 41.9 Å². The lowest BCUT2D eigenvalue weighted by atomic mass is 10.1. The van der Waals surface area contributed by atoms with Crippen LogP contribution in [0.15, 0.2) is 34.9 Å². The summed E-state index contributed by atoms with van der Waals surface area (Å²) in [4.78, 5) is 13.8. The predicted molar refractivity (Wildman–Crippen MR) is 68.6 cm³/mol. The summed E-state index contributed by atoms with van der Waals surface area (Å²) < 4.78 is 23.4. The van der Waals surface area contributed by atoms with Crippen molar-refractivity contribution in [3.63, 3.8) is 0 Å². The topological polar surface area (TPSA) is 55.6 Å². The molecular weight excluding hydrogens is 263 g/mol. The molecule has 2 aromatic rings. The summed E-state index contributed by atoms with van der Waals surface area (Å²) in [6.07, 6.45) is 0. The number of benzene rings is 1. The minimum Gasteiger partial charge on any atom is -0.378 e. The maximum absolute atomic E-state index is 13.2. The zero-order valence-corrected chi connectivity index (χ0v) is 10.7. The van der Waals surface area contributed by atoms with E-state index in [1.165, 1.54) is 18.2 Å². The highest BCUT2D eigenvalue weighted by Gasteiger charge is 2.22. The van der Waals surface area contributed by atoms with E-state index in [2.05, 4.69) is 5.16 Å². The molecule has 1 aliphatic heterocycles. The first kappa shape index (κ1) is 12.8. The van der Waals surface area contributed by atoms with E-state index in [9.17, 15) is 9.18 Å². The third-order valence-corrected chi connectivity index (χ3v) is 3.14. The fourth-order valence-corrected chi connectivity index (χ4v) is 2.08. The molecule has 104 valence electrons. The summed E-state index contributed by atoms with van der Waals surface area (Å²) in [5.41, 5.74) is 1.02. The fraction of sp³-hybridized carbons (Fsp3) is 0.286. The summed E-state index contributed by atoms with van der Waals surface area (Å²) in [5, 5.41) is 3.82. The first-order chi connectivity index (χ1) is 9.74. The van der Waals surface area contributed by atoms with Crippen molar-refractivity contribution in [1.29, 1.82) is 0 Å². The maximum Gasteiger partial charge on any atom is 0.292 e. The van der Waals surface area contributed by atoms with Crippen LogP contribution in [0.3, 0.4) is 0 Å². The summed E-state index contributed by atoms with van der Waals surface area (Å²) in [5.74, 6) is -0.416. The van der Waals surface area contributed by atoms with Crippen LogP contribution in [0, 0.1) is 5.82 Å². The van der Waals surface area contributed by atoms with E-state index in [1.54, 1.807) is 17.0 Å². The van der Waals surface area contributed by atoms with Gasteiger partial charge in [-0.2, -0.15) is 0 Å². The minimum absolute atomic E-state index is 0.158. The zero-order valence-electron chi connectivity index (χ0n) is 10.7. The number of ether oxygens (including phenoxy) is 1. The van der Waals surface area contributed by atoms with Gasteiger partial charge in [0.05, 0.1) is 13.2 Å². The van der Waals surface area contributed by atoms with Crippen LogP contribution in [0.5, 0.6) is 0 Å². The van der Waals surface area contributed by atoms with Crippen molar-refractivity contribution in [2.45, 2.75) is 0 Å². The van der Waals surface area contributed by atoms with Gasteiger partial charge < -0.3 is 14.2 Å². The molecule has 1 aromatic heterocycles. The van der Waals surface area contributed by atoms with Gasteiger partial charge in [-0.3, -0.25) is 4.79 Å². The summed E-state index contributed by atoms with van der Waals surface area (Å²) in [6.45, 7) is 2.12. The molecule has 1 fully saturated rings. The lowest BCUT2D eigenvalue weighted by molar-refractivity contribution is 0.0277. The molecule has 20 heavy (non-hydrogen) atoms. The molecule has 6 heteroatoms. The Hall–Kier alpha value is -2.21. The Labute approximate surface area is 114 Å². The molecule has 1 aromatic carbocycles. The molecular formula is C14H13FN2O3. The lowest BCUT2D eigenvalue weighted by Gasteiger charge is -2.25. The quantitative estimate of drug-likeness (QED) is 0.841. The van der Waals surface area contributed by atoms with Gasteiger partial charge in [-0.15, -0.1) is 0 Å². The van der Waals surface area contributed by atoms with Gasteiger partial charge in [-0.05, 0) is 12.1 Å². The number of amides is 1. The predicted octanol–water partition coefficient (Wildman–Crippen LogP) is 1.95. The number of aromatic nitrogens is 1. The number of rotatable bonds is 2. The van der Waals surface area contributed by atoms with E-state index in [4.69, 9.17) is 9.26 Å². The van der Waals surface area contributed by atoms with Crippen LogP contribution >= 0.6 is 0 Å². The minimum atomic E-state index is -0.355. The van der Waals surface area contributed by atoms with Gasteiger partial charge >= 0.3 is 0 Å². The summed E-state index contributed by atoms with van der Waals surface area (Å²) in [7, 11) is 0. The highest BCUT2D eigenvalue weighted by Crippen LogP contribution is 2.20. The third-order valence-electron chi connectivity index (χ3n) is 3.14. The van der Waals surface area contributed by atoms with E-state index in [0.717, 1.165) is 0 Å². The third kappa shape index (κ3) is 2.55. The fourth-order valence-electron chi connectivity index (χ4n) is 2.08. The van der Waals surface area contributed by atoms with Crippen molar-refractivity contribution in [2.75, 3.05) is 26.3 Å². The zero-order chi connectivity index (χ0) is 13.9. The number of carbonyl (C=O) groups is 1. The highest BCUT2D eigenvalue weighted by molar-refractivity contribution is 5.92. The van der Waals surface area contributed by atoms with E-state index in [1.807, 2.05) is 0 Å². The molecule has 0 unspecified atom stereocenters. The summed E-state index contributed by atoms with van der Waals surface area (Å²) in [6, 6.07) is 7.53. The molecule has 0 N–H and O–H groups in total. The number of hydrogen-bond donors (Lipinski definition) is 0. The average Bonchev–Trinajstić information content (AvgIpc) is 2.97. The Bertz CT molecular complexity index is 620. The van der Waals surface area contributed by atoms with Crippen LogP contribution in [0.25, 0.3) is 11.3 Å². The smallest absolute Gasteiger partial charge is 0.292 e. The standard InChI is InChI=1S/C14H13FN2O3/c15-11-3-1-2-10(8-11)12-9-13(20-16-12)14(18)17-4-6-19-7-5-17/h1-3,8-9H,4-7H2. The number of morpholine rings is 1. The van der Waals surface area contributed by atoms with Gasteiger partial charge in [0.2, 0.25) is 5.76 Å². The van der Waals surface area contributed by atoms with Gasteiger partial charge in [0, 0.05) is 24.7 Å². The van der Waals surface area contributed by atoms with E-state index >= 15 is 0 Å². The summed E-state index contributed by atoms with van der Waals surface area (Å²) >= 11 is 0. The molecule has 0 spiro atoms. The first-order valence-electron chi connectivity index (χ1n) is 6.34. The largest absolute Gasteiger partial charge is 0.378 e. The molecule has 1 aliphatic rings. The number of carbonyl (C=O) groups excluding carboxylic acids is 1. The van der Waals surface area contributed by atoms with Crippen molar-refractivity contribution in [2.24, 2.45) is 0 Å². The van der Waals surface area contributed by atoms with Gasteiger partial charge in [0.1, 0.15) is 11.5 Å². The second kappa shape index (κ2) is 5.42. The molecule has 2 heterocycles. The Morgan fingerprint density at radius 2 is 2.05 bits per heavy atom. The van der Waals surface area contributed by atoms with Crippen molar-refractivity contribution in [1.82, 2.24) is 10.1 Å². The lowest BCUT2D eigenvalue weighted by Crippen LogP contribution is -2.40. The van der Waals surface area contributed by atoms with Gasteiger partial charge in [-0.25, -0.2) is 4.39 Å². The number of nitrogens with zero attached hydrogens (tertiary/aromatic N) is 2. The van der Waals surface area contributed by atoms with Gasteiger partial charge in [-0.1, -0.05) is 17.3 Å². The van der Waals surface area contributed by atoms with Gasteiger partial charge in [0.15, 0.2) is 0 Å². The molecule has 1 amide bonds. The average molecular weight is 276 g/mol. The number of hydrogen-bond acceptors (Lipinski definition) is 4. The molecule has 0 atom stereocenters. The first-order valence-corrected chi connectivity index (χ1v) is 6.34. The van der Waals surface area contributed by atoms with Crippen LogP contribution < -0.4 is 0 Å². The van der Waals surface area contributed by atoms with Crippen molar-refractivity contribution in [3.8, 4) is 11.3 Å². The second-order valence-electron chi connectivity index (χ2n) is 4.49. The second-order valence-corrected chi connectivity index (χ2v) is 4.49. The van der Waals surface area contributed by atoms with Crippen LogP contribution in [0.1, 0.15) is 10.6 Å². The molecule has 0 aliphatic carbocycles. The molecule has 0 saturated carbocycles. The number of halogens is 1. The van der Waals surface area contributed by atoms with Crippen LogP contribution in [0.4, 0.5) is 4.39 Å². The SMILES string of the molecule is O=C(c1cc(-c2cccc(F)c2)no1)N1CCOCC1. The maximum atomic E-state index is 13.2. The van der Waals surface area contributed by atoms with E-state index in [-0.39, 0.29) is 17.5 Å². The Morgan fingerprint density at radius 1 is 1.25 bits per heavy atom.